The van der Waals surface area contributed by atoms with Crippen LogP contribution in [0.4, 0.5) is 0 Å². The summed E-state index contributed by atoms with van der Waals surface area (Å²) in [4.78, 5) is 17.0. The van der Waals surface area contributed by atoms with Gasteiger partial charge in [0.1, 0.15) is 0 Å². The minimum atomic E-state index is 0.125. The van der Waals surface area contributed by atoms with Crippen molar-refractivity contribution in [3.8, 4) is 0 Å². The van der Waals surface area contributed by atoms with Crippen LogP contribution in [0.5, 0.6) is 0 Å². The van der Waals surface area contributed by atoms with Gasteiger partial charge in [-0.2, -0.15) is 0 Å². The van der Waals surface area contributed by atoms with Crippen LogP contribution in [-0.2, 0) is 9.63 Å². The summed E-state index contributed by atoms with van der Waals surface area (Å²) in [6.07, 6.45) is 0. The first kappa shape index (κ1) is 8.92. The van der Waals surface area contributed by atoms with Crippen molar-refractivity contribution in [2.45, 2.75) is 5.92 Å². The van der Waals surface area contributed by atoms with Crippen molar-refractivity contribution in [2.24, 2.45) is 11.8 Å². The van der Waals surface area contributed by atoms with Crippen molar-refractivity contribution in [2.75, 3.05) is 13.7 Å². The molecule has 1 amide bonds. The summed E-state index contributed by atoms with van der Waals surface area (Å²) in [5.74, 6) is 1.06. The summed E-state index contributed by atoms with van der Waals surface area (Å²) >= 11 is 0. The molecule has 3 atom stereocenters. The number of hydrogen-bond donors (Lipinski definition) is 0. The van der Waals surface area contributed by atoms with E-state index in [2.05, 4.69) is 12.1 Å². The molecule has 2 aliphatic rings. The Bertz CT molecular complexity index is 390. The zero-order valence-corrected chi connectivity index (χ0v) is 8.59. The monoisotopic (exact) mass is 203 g/mol. The molecule has 3 heteroatoms. The molecule has 0 spiro atoms. The first-order chi connectivity index (χ1) is 7.29. The highest BCUT2D eigenvalue weighted by Crippen LogP contribution is 2.56. The second-order valence-corrected chi connectivity index (χ2v) is 4.26. The van der Waals surface area contributed by atoms with Crippen molar-refractivity contribution < 1.29 is 9.63 Å². The number of carbonyl (C=O) groups excluding carboxylic acids is 1. The molecule has 1 saturated heterocycles. The van der Waals surface area contributed by atoms with E-state index in [-0.39, 0.29) is 11.8 Å². The topological polar surface area (TPSA) is 29.5 Å². The van der Waals surface area contributed by atoms with E-state index in [1.807, 2.05) is 18.2 Å². The lowest BCUT2D eigenvalue weighted by Crippen LogP contribution is -2.33. The fourth-order valence-electron chi connectivity index (χ4n) is 2.52. The van der Waals surface area contributed by atoms with Gasteiger partial charge in [0.25, 0.3) is 0 Å². The van der Waals surface area contributed by atoms with Gasteiger partial charge in [-0.05, 0) is 5.56 Å². The van der Waals surface area contributed by atoms with E-state index in [9.17, 15) is 4.79 Å². The van der Waals surface area contributed by atoms with Crippen LogP contribution >= 0.6 is 0 Å². The summed E-state index contributed by atoms with van der Waals surface area (Å²) in [5, 5.41) is 1.38. The van der Waals surface area contributed by atoms with Gasteiger partial charge in [-0.1, -0.05) is 30.3 Å². The Morgan fingerprint density at radius 3 is 2.73 bits per heavy atom. The molecular weight excluding hydrogens is 190 g/mol. The highest BCUT2D eigenvalue weighted by molar-refractivity contribution is 5.83. The van der Waals surface area contributed by atoms with E-state index in [1.54, 1.807) is 7.05 Å². The average molecular weight is 203 g/mol. The van der Waals surface area contributed by atoms with Crippen molar-refractivity contribution in [3.05, 3.63) is 35.9 Å². The van der Waals surface area contributed by atoms with Crippen LogP contribution in [0.15, 0.2) is 30.3 Å². The molecule has 1 aliphatic heterocycles. The molecule has 15 heavy (non-hydrogen) atoms. The number of rotatable bonds is 1. The molecule has 3 rings (SSSR count). The van der Waals surface area contributed by atoms with Crippen molar-refractivity contribution in [1.29, 1.82) is 0 Å². The number of hydrogen-bond acceptors (Lipinski definition) is 2. The van der Waals surface area contributed by atoms with E-state index in [1.165, 1.54) is 10.6 Å². The highest BCUT2D eigenvalue weighted by atomic mass is 16.7. The number of benzene rings is 1. The quantitative estimate of drug-likeness (QED) is 0.690. The summed E-state index contributed by atoms with van der Waals surface area (Å²) in [6.45, 7) is 0.673. The maximum atomic E-state index is 11.8. The molecule has 0 aromatic heterocycles. The molecule has 1 aromatic carbocycles. The molecule has 1 saturated carbocycles. The third-order valence-electron chi connectivity index (χ3n) is 3.41. The lowest BCUT2D eigenvalue weighted by Gasteiger charge is -2.20. The minimum absolute atomic E-state index is 0.125. The summed E-state index contributed by atoms with van der Waals surface area (Å²) in [5.41, 5.74) is 1.26. The lowest BCUT2D eigenvalue weighted by atomic mass is 10.1. The van der Waals surface area contributed by atoms with E-state index in [0.29, 0.717) is 18.4 Å². The Morgan fingerprint density at radius 1 is 1.27 bits per heavy atom. The third kappa shape index (κ3) is 1.27. The molecule has 0 bridgehead atoms. The Kier molecular flexibility index (Phi) is 1.83. The van der Waals surface area contributed by atoms with Gasteiger partial charge in [-0.3, -0.25) is 9.63 Å². The minimum Gasteiger partial charge on any atom is -0.272 e. The molecule has 1 aliphatic carbocycles. The van der Waals surface area contributed by atoms with Crippen LogP contribution in [0, 0.1) is 11.8 Å². The molecule has 78 valence electrons. The van der Waals surface area contributed by atoms with Crippen LogP contribution in [0.2, 0.25) is 0 Å². The van der Waals surface area contributed by atoms with E-state index in [0.717, 1.165) is 0 Å². The van der Waals surface area contributed by atoms with Crippen LogP contribution < -0.4 is 0 Å². The normalized spacial score (nSPS) is 33.8. The fourth-order valence-corrected chi connectivity index (χ4v) is 2.52. The highest BCUT2D eigenvalue weighted by Gasteiger charge is 2.59. The van der Waals surface area contributed by atoms with Crippen LogP contribution in [-0.4, -0.2) is 24.6 Å². The predicted octanol–water partition coefficient (Wildman–Crippen LogP) is 1.42. The summed E-state index contributed by atoms with van der Waals surface area (Å²) in [6, 6.07) is 10.2. The predicted molar refractivity (Wildman–Crippen MR) is 54.9 cm³/mol. The molecule has 0 N–H and O–H groups in total. The SMILES string of the molecule is CN1OC[C@H]2[C@@H](C1=O)[C@@H]2c1ccccc1. The molecule has 3 nitrogen and oxygen atoms in total. The largest absolute Gasteiger partial charge is 0.272 e. The third-order valence-corrected chi connectivity index (χ3v) is 3.41. The van der Waals surface area contributed by atoms with E-state index < -0.39 is 0 Å². The maximum Gasteiger partial charge on any atom is 0.249 e. The van der Waals surface area contributed by atoms with Gasteiger partial charge >= 0.3 is 0 Å². The molecular formula is C12H13NO2. The number of hydroxylamine groups is 2. The van der Waals surface area contributed by atoms with Crippen LogP contribution in [0.25, 0.3) is 0 Å². The summed E-state index contributed by atoms with van der Waals surface area (Å²) in [7, 11) is 1.69. The zero-order valence-electron chi connectivity index (χ0n) is 8.59. The number of nitrogens with zero attached hydrogens (tertiary/aromatic N) is 1. The van der Waals surface area contributed by atoms with Gasteiger partial charge in [0.15, 0.2) is 0 Å². The first-order valence-corrected chi connectivity index (χ1v) is 5.24. The van der Waals surface area contributed by atoms with Crippen LogP contribution in [0.3, 0.4) is 0 Å². The smallest absolute Gasteiger partial charge is 0.249 e. The Labute approximate surface area is 88.6 Å². The second kappa shape index (κ2) is 3.07. The van der Waals surface area contributed by atoms with Crippen molar-refractivity contribution in [1.82, 2.24) is 5.06 Å². The van der Waals surface area contributed by atoms with Gasteiger partial charge in [-0.15, -0.1) is 0 Å². The maximum absolute atomic E-state index is 11.8. The lowest BCUT2D eigenvalue weighted by molar-refractivity contribution is -0.191. The number of fused-ring (bicyclic) bond motifs is 1. The molecule has 0 unspecified atom stereocenters. The van der Waals surface area contributed by atoms with Gasteiger partial charge in [0.05, 0.1) is 12.5 Å². The van der Waals surface area contributed by atoms with Crippen molar-refractivity contribution in [3.63, 3.8) is 0 Å². The number of carbonyl (C=O) groups is 1. The Morgan fingerprint density at radius 2 is 2.00 bits per heavy atom. The van der Waals surface area contributed by atoms with Gasteiger partial charge in [-0.25, -0.2) is 5.06 Å². The molecule has 2 fully saturated rings. The molecule has 1 heterocycles. The van der Waals surface area contributed by atoms with Gasteiger partial charge < -0.3 is 0 Å². The molecule has 1 aromatic rings. The number of amides is 1. The van der Waals surface area contributed by atoms with E-state index >= 15 is 0 Å². The second-order valence-electron chi connectivity index (χ2n) is 4.26. The Hall–Kier alpha value is -1.35. The average Bonchev–Trinajstić information content (AvgIpc) is 3.00. The zero-order chi connectivity index (χ0) is 10.4. The van der Waals surface area contributed by atoms with Crippen molar-refractivity contribution >= 4 is 5.91 Å². The standard InChI is InChI=1S/C12H13NO2/c1-13-12(14)11-9(7-15-13)10(11)8-5-3-2-4-6-8/h2-6,9-11H,7H2,1H3/t9-,10-,11-/m1/s1. The molecule has 0 radical (unpaired) electrons. The van der Waals surface area contributed by atoms with E-state index in [4.69, 9.17) is 4.84 Å². The van der Waals surface area contributed by atoms with Gasteiger partial charge in [0, 0.05) is 18.9 Å². The fraction of sp³-hybridized carbons (Fsp3) is 0.417. The first-order valence-electron chi connectivity index (χ1n) is 5.24. The van der Waals surface area contributed by atoms with Gasteiger partial charge in [0.2, 0.25) is 5.91 Å². The van der Waals surface area contributed by atoms with Crippen LogP contribution in [0.1, 0.15) is 11.5 Å². The summed E-state index contributed by atoms with van der Waals surface area (Å²) < 4.78 is 0. The Balaban J connectivity index is 1.85.